The van der Waals surface area contributed by atoms with E-state index in [4.69, 9.17) is 11.6 Å². The third kappa shape index (κ3) is 2.21. The van der Waals surface area contributed by atoms with Crippen LogP contribution in [0.1, 0.15) is 5.56 Å². The number of alkyl halides is 3. The first-order chi connectivity index (χ1) is 9.89. The van der Waals surface area contributed by atoms with Crippen LogP contribution in [-0.2, 0) is 6.18 Å². The molecule has 0 atom stereocenters. The van der Waals surface area contributed by atoms with Gasteiger partial charge in [-0.1, -0.05) is 17.7 Å². The summed E-state index contributed by atoms with van der Waals surface area (Å²) in [5.74, 6) is -1.50. The van der Waals surface area contributed by atoms with Crippen molar-refractivity contribution in [1.29, 1.82) is 0 Å². The Kier molecular flexibility index (Phi) is 3.05. The second-order valence-electron chi connectivity index (χ2n) is 4.10. The van der Waals surface area contributed by atoms with E-state index in [0.29, 0.717) is 6.07 Å². The molecule has 0 amide bonds. The van der Waals surface area contributed by atoms with E-state index in [1.54, 1.807) is 0 Å². The lowest BCUT2D eigenvalue weighted by molar-refractivity contribution is -0.139. The topological polar surface area (TPSA) is 43.1 Å². The second kappa shape index (κ2) is 4.66. The highest BCUT2D eigenvalue weighted by Gasteiger charge is 2.35. The van der Waals surface area contributed by atoms with Crippen LogP contribution in [-0.4, -0.2) is 19.6 Å². The largest absolute Gasteiger partial charge is 0.419 e. The first kappa shape index (κ1) is 13.7. The molecule has 108 valence electrons. The van der Waals surface area contributed by atoms with Gasteiger partial charge in [0, 0.05) is 12.4 Å². The first-order valence-electron chi connectivity index (χ1n) is 5.61. The number of rotatable bonds is 1. The molecule has 0 saturated carbocycles. The van der Waals surface area contributed by atoms with Crippen LogP contribution in [0.15, 0.2) is 30.6 Å². The molecule has 9 heteroatoms. The highest BCUT2D eigenvalue weighted by atomic mass is 35.5. The average Bonchev–Trinajstić information content (AvgIpc) is 2.83. The Hall–Kier alpha value is -2.22. The van der Waals surface area contributed by atoms with Gasteiger partial charge in [0.25, 0.3) is 0 Å². The predicted molar refractivity (Wildman–Crippen MR) is 66.2 cm³/mol. The van der Waals surface area contributed by atoms with E-state index >= 15 is 0 Å². The molecule has 0 bridgehead atoms. The molecule has 0 saturated heterocycles. The van der Waals surface area contributed by atoms with Crippen molar-refractivity contribution in [2.45, 2.75) is 6.18 Å². The number of halogens is 5. The molecule has 0 unspecified atom stereocenters. The van der Waals surface area contributed by atoms with Crippen LogP contribution < -0.4 is 0 Å². The maximum atomic E-state index is 14.1. The molecule has 2 heterocycles. The molecule has 2 aromatic heterocycles. The summed E-state index contributed by atoms with van der Waals surface area (Å²) in [6, 6.07) is 2.96. The Morgan fingerprint density at radius 1 is 1.14 bits per heavy atom. The highest BCUT2D eigenvalue weighted by molar-refractivity contribution is 6.32. The molecule has 4 nitrogen and oxygen atoms in total. The first-order valence-corrected chi connectivity index (χ1v) is 5.98. The lowest BCUT2D eigenvalue weighted by Crippen LogP contribution is -2.09. The van der Waals surface area contributed by atoms with Gasteiger partial charge in [-0.05, 0) is 12.1 Å². The van der Waals surface area contributed by atoms with Crippen molar-refractivity contribution in [1.82, 2.24) is 19.6 Å². The van der Waals surface area contributed by atoms with Gasteiger partial charge in [0.1, 0.15) is 5.82 Å². The maximum Gasteiger partial charge on any atom is 0.419 e. The molecule has 0 aliphatic heterocycles. The lowest BCUT2D eigenvalue weighted by Gasteiger charge is -2.10. The minimum Gasteiger partial charge on any atom is -0.278 e. The predicted octanol–water partition coefficient (Wildman–Crippen LogP) is 3.60. The molecule has 3 aromatic rings. The fourth-order valence-corrected chi connectivity index (χ4v) is 2.09. The zero-order valence-corrected chi connectivity index (χ0v) is 10.8. The van der Waals surface area contributed by atoms with Crippen LogP contribution in [0.5, 0.6) is 0 Å². The second-order valence-corrected chi connectivity index (χ2v) is 4.46. The highest BCUT2D eigenvalue weighted by Crippen LogP contribution is 2.35. The molecule has 0 fully saturated rings. The van der Waals surface area contributed by atoms with Gasteiger partial charge in [-0.25, -0.2) is 9.37 Å². The number of fused-ring (bicyclic) bond motifs is 1. The van der Waals surface area contributed by atoms with Crippen molar-refractivity contribution in [2.24, 2.45) is 0 Å². The Bertz CT molecular complexity index is 828. The molecule has 0 spiro atoms. The van der Waals surface area contributed by atoms with Crippen molar-refractivity contribution in [3.63, 3.8) is 0 Å². The van der Waals surface area contributed by atoms with Crippen LogP contribution in [0.2, 0.25) is 5.15 Å². The Labute approximate surface area is 120 Å². The monoisotopic (exact) mass is 316 g/mol. The fourth-order valence-electron chi connectivity index (χ4n) is 1.90. The van der Waals surface area contributed by atoms with E-state index < -0.39 is 17.6 Å². The normalized spacial score (nSPS) is 12.0. The van der Waals surface area contributed by atoms with Crippen LogP contribution in [0.4, 0.5) is 17.6 Å². The SMILES string of the molecule is Fc1c(-c2nnc3c(Cl)nccn23)cccc1C(F)(F)F. The smallest absolute Gasteiger partial charge is 0.278 e. The summed E-state index contributed by atoms with van der Waals surface area (Å²) < 4.78 is 53.6. The van der Waals surface area contributed by atoms with Crippen molar-refractivity contribution in [2.75, 3.05) is 0 Å². The molecule has 21 heavy (non-hydrogen) atoms. The van der Waals surface area contributed by atoms with E-state index in [1.165, 1.54) is 22.9 Å². The average molecular weight is 317 g/mol. The summed E-state index contributed by atoms with van der Waals surface area (Å²) >= 11 is 5.79. The van der Waals surface area contributed by atoms with Gasteiger partial charge in [0.2, 0.25) is 0 Å². The molecule has 0 aliphatic carbocycles. The van der Waals surface area contributed by atoms with E-state index in [1.807, 2.05) is 0 Å². The van der Waals surface area contributed by atoms with Gasteiger partial charge in [0.05, 0.1) is 11.1 Å². The Morgan fingerprint density at radius 3 is 2.62 bits per heavy atom. The minimum absolute atomic E-state index is 0.0173. The summed E-state index contributed by atoms with van der Waals surface area (Å²) in [6.07, 6.45) is -2.09. The van der Waals surface area contributed by atoms with Gasteiger partial charge in [-0.2, -0.15) is 13.2 Å². The molecule has 3 rings (SSSR count). The summed E-state index contributed by atoms with van der Waals surface area (Å²) in [5, 5.41) is 7.41. The quantitative estimate of drug-likeness (QED) is 0.644. The standard InChI is InChI=1S/C12H5ClF4N4/c13-9-11-20-19-10(21(11)5-4-18-9)6-2-1-3-7(8(6)14)12(15,16)17/h1-5H. The van der Waals surface area contributed by atoms with Crippen LogP contribution in [0.25, 0.3) is 17.0 Å². The van der Waals surface area contributed by atoms with Crippen LogP contribution >= 0.6 is 11.6 Å². The van der Waals surface area contributed by atoms with Gasteiger partial charge >= 0.3 is 6.18 Å². The van der Waals surface area contributed by atoms with Crippen LogP contribution in [0.3, 0.4) is 0 Å². The lowest BCUT2D eigenvalue weighted by atomic mass is 10.1. The van der Waals surface area contributed by atoms with Crippen LogP contribution in [0, 0.1) is 5.82 Å². The Balaban J connectivity index is 2.27. The number of benzene rings is 1. The molecular formula is C12H5ClF4N4. The van der Waals surface area contributed by atoms with Gasteiger partial charge < -0.3 is 0 Å². The zero-order chi connectivity index (χ0) is 15.2. The van der Waals surface area contributed by atoms with Gasteiger partial charge in [0.15, 0.2) is 16.6 Å². The Morgan fingerprint density at radius 2 is 1.90 bits per heavy atom. The number of hydrogen-bond acceptors (Lipinski definition) is 3. The van der Waals surface area contributed by atoms with Crippen molar-refractivity contribution >= 4 is 17.2 Å². The number of aromatic nitrogens is 4. The summed E-state index contributed by atoms with van der Waals surface area (Å²) in [4.78, 5) is 3.76. The summed E-state index contributed by atoms with van der Waals surface area (Å²) in [5.41, 5.74) is -1.55. The van der Waals surface area contributed by atoms with E-state index in [2.05, 4.69) is 15.2 Å². The third-order valence-electron chi connectivity index (χ3n) is 2.83. The zero-order valence-electron chi connectivity index (χ0n) is 10.1. The molecular weight excluding hydrogens is 312 g/mol. The summed E-state index contributed by atoms with van der Waals surface area (Å²) in [6.45, 7) is 0. The molecule has 0 radical (unpaired) electrons. The number of nitrogens with zero attached hydrogens (tertiary/aromatic N) is 4. The van der Waals surface area contributed by atoms with E-state index in [-0.39, 0.29) is 22.2 Å². The third-order valence-corrected chi connectivity index (χ3v) is 3.10. The van der Waals surface area contributed by atoms with Gasteiger partial charge in [-0.15, -0.1) is 10.2 Å². The number of hydrogen-bond donors (Lipinski definition) is 0. The van der Waals surface area contributed by atoms with Crippen molar-refractivity contribution in [3.05, 3.63) is 47.1 Å². The minimum atomic E-state index is -4.79. The van der Waals surface area contributed by atoms with Gasteiger partial charge in [-0.3, -0.25) is 4.40 Å². The fraction of sp³-hybridized carbons (Fsp3) is 0.0833. The molecule has 0 aliphatic rings. The van der Waals surface area contributed by atoms with Crippen molar-refractivity contribution in [3.8, 4) is 11.4 Å². The van der Waals surface area contributed by atoms with E-state index in [0.717, 1.165) is 6.07 Å². The molecule has 1 aromatic carbocycles. The summed E-state index contributed by atoms with van der Waals surface area (Å²) in [7, 11) is 0. The maximum absolute atomic E-state index is 14.1. The van der Waals surface area contributed by atoms with E-state index in [9.17, 15) is 17.6 Å². The molecule has 0 N–H and O–H groups in total. The van der Waals surface area contributed by atoms with Crippen molar-refractivity contribution < 1.29 is 17.6 Å².